The number of esters is 3. The molecule has 7 heteroatoms. The number of hydrogen-bond donors (Lipinski definition) is 1. The Bertz CT molecular complexity index is 1140. The van der Waals surface area contributed by atoms with Gasteiger partial charge < -0.3 is 19.3 Å². The van der Waals surface area contributed by atoms with Crippen molar-refractivity contribution >= 4 is 17.9 Å². The highest BCUT2D eigenvalue weighted by atomic mass is 16.6. The number of aryl methyl sites for hydroxylation is 2. The zero-order valence-corrected chi connectivity index (χ0v) is 24.8. The Hall–Kier alpha value is -3.35. The SMILES string of the molecule is CC(C)C(=O)OC1C2CC3C(=O)OC1C3C2.CCc1ccc(C(=O)OC(C)(C)C)cc1.CCc1ccc(O)cc1. The van der Waals surface area contributed by atoms with Crippen LogP contribution in [0.1, 0.15) is 82.8 Å². The van der Waals surface area contributed by atoms with Crippen molar-refractivity contribution < 1.29 is 33.7 Å². The van der Waals surface area contributed by atoms with Gasteiger partial charge in [-0.05, 0) is 81.8 Å². The minimum Gasteiger partial charge on any atom is -0.508 e. The van der Waals surface area contributed by atoms with Gasteiger partial charge in [-0.2, -0.15) is 0 Å². The second kappa shape index (κ2) is 13.3. The van der Waals surface area contributed by atoms with E-state index in [4.69, 9.17) is 19.3 Å². The smallest absolute Gasteiger partial charge is 0.338 e. The van der Waals surface area contributed by atoms with Crippen LogP contribution in [0.25, 0.3) is 0 Å². The molecule has 5 rings (SSSR count). The summed E-state index contributed by atoms with van der Waals surface area (Å²) in [7, 11) is 0. The Balaban J connectivity index is 0.000000172. The summed E-state index contributed by atoms with van der Waals surface area (Å²) in [6.07, 6.45) is 3.50. The maximum atomic E-state index is 11.6. The van der Waals surface area contributed by atoms with Gasteiger partial charge in [-0.3, -0.25) is 9.59 Å². The number of phenolic OH excluding ortho intramolecular Hbond substituents is 1. The van der Waals surface area contributed by atoms with Crippen LogP contribution in [0, 0.1) is 23.7 Å². The lowest BCUT2D eigenvalue weighted by molar-refractivity contribution is -0.164. The molecule has 0 radical (unpaired) electrons. The van der Waals surface area contributed by atoms with Gasteiger partial charge in [-0.1, -0.05) is 52.0 Å². The number of fused-ring (bicyclic) bond motifs is 1. The van der Waals surface area contributed by atoms with Crippen LogP contribution < -0.4 is 0 Å². The van der Waals surface area contributed by atoms with E-state index < -0.39 is 5.60 Å². The molecule has 2 aromatic carbocycles. The molecule has 3 fully saturated rings. The Morgan fingerprint density at radius 2 is 1.50 bits per heavy atom. The van der Waals surface area contributed by atoms with Crippen molar-refractivity contribution in [3.05, 3.63) is 65.2 Å². The molecular formula is C33H44O7. The van der Waals surface area contributed by atoms with Gasteiger partial charge in [0.1, 0.15) is 23.6 Å². The zero-order valence-electron chi connectivity index (χ0n) is 24.8. The van der Waals surface area contributed by atoms with E-state index in [-0.39, 0.29) is 42.0 Å². The molecular weight excluding hydrogens is 508 g/mol. The highest BCUT2D eigenvalue weighted by Gasteiger charge is 2.63. The summed E-state index contributed by atoms with van der Waals surface area (Å²) in [5.74, 6) is 0.433. The molecule has 1 N–H and O–H groups in total. The van der Waals surface area contributed by atoms with E-state index in [1.54, 1.807) is 12.1 Å². The third-order valence-electron chi connectivity index (χ3n) is 7.48. The van der Waals surface area contributed by atoms with Crippen LogP contribution in [0.2, 0.25) is 0 Å². The predicted molar refractivity (Wildman–Crippen MR) is 153 cm³/mol. The quantitative estimate of drug-likeness (QED) is 0.344. The van der Waals surface area contributed by atoms with Gasteiger partial charge in [-0.15, -0.1) is 0 Å². The largest absolute Gasteiger partial charge is 0.508 e. The van der Waals surface area contributed by atoms with Gasteiger partial charge in [0.2, 0.25) is 0 Å². The number of carbonyl (C=O) groups is 3. The van der Waals surface area contributed by atoms with Crippen molar-refractivity contribution in [2.24, 2.45) is 23.7 Å². The van der Waals surface area contributed by atoms with Gasteiger partial charge in [0, 0.05) is 11.8 Å². The normalized spacial score (nSPS) is 23.9. The first-order valence-corrected chi connectivity index (χ1v) is 14.3. The summed E-state index contributed by atoms with van der Waals surface area (Å²) < 4.78 is 16.0. The molecule has 2 bridgehead atoms. The van der Waals surface area contributed by atoms with Gasteiger partial charge in [0.25, 0.3) is 0 Å². The lowest BCUT2D eigenvalue weighted by Crippen LogP contribution is -2.36. The van der Waals surface area contributed by atoms with Crippen LogP contribution in [0.3, 0.4) is 0 Å². The summed E-state index contributed by atoms with van der Waals surface area (Å²) in [6, 6.07) is 14.8. The minimum absolute atomic E-state index is 0.0828. The number of benzene rings is 2. The molecule has 1 aliphatic heterocycles. The summed E-state index contributed by atoms with van der Waals surface area (Å²) in [5.41, 5.74) is 2.66. The van der Waals surface area contributed by atoms with Gasteiger partial charge in [0.05, 0.1) is 17.4 Å². The standard InChI is InChI=1S/C13H18O2.C12H16O4.C8H10O/c1-5-10-6-8-11(9-7-10)12(14)15-13(2,3)4;1-5(2)11(13)15-9-6-3-7-8(4-6)12(14)16-10(7)9;1-2-7-3-5-8(9)6-4-7/h6-9H,5H2,1-4H3;5-10H,3-4H2,1-2H3;3-6,9H,2H2,1H3. The van der Waals surface area contributed by atoms with E-state index in [2.05, 4.69) is 13.8 Å². The molecule has 0 spiro atoms. The van der Waals surface area contributed by atoms with Crippen molar-refractivity contribution in [2.75, 3.05) is 0 Å². The molecule has 1 saturated heterocycles. The van der Waals surface area contributed by atoms with Crippen LogP contribution in [-0.2, 0) is 36.6 Å². The molecule has 7 nitrogen and oxygen atoms in total. The summed E-state index contributed by atoms with van der Waals surface area (Å²) in [4.78, 5) is 34.7. The van der Waals surface area contributed by atoms with Crippen LogP contribution in [0.15, 0.2) is 48.5 Å². The van der Waals surface area contributed by atoms with Crippen LogP contribution in [0.4, 0.5) is 0 Å². The first-order chi connectivity index (χ1) is 18.8. The molecule has 40 heavy (non-hydrogen) atoms. The van der Waals surface area contributed by atoms with Gasteiger partial charge in [0.15, 0.2) is 0 Å². The molecule has 1 heterocycles. The minimum atomic E-state index is -0.430. The molecule has 2 aliphatic carbocycles. The molecule has 2 aromatic rings. The van der Waals surface area contributed by atoms with Crippen molar-refractivity contribution in [3.8, 4) is 5.75 Å². The maximum Gasteiger partial charge on any atom is 0.338 e. The van der Waals surface area contributed by atoms with Crippen molar-refractivity contribution in [3.63, 3.8) is 0 Å². The highest BCUT2D eigenvalue weighted by Crippen LogP contribution is 2.55. The van der Waals surface area contributed by atoms with Crippen molar-refractivity contribution in [2.45, 2.75) is 92.0 Å². The van der Waals surface area contributed by atoms with Crippen molar-refractivity contribution in [1.82, 2.24) is 0 Å². The summed E-state index contributed by atoms with van der Waals surface area (Å²) in [6.45, 7) is 13.4. The highest BCUT2D eigenvalue weighted by molar-refractivity contribution is 5.89. The molecule has 0 aromatic heterocycles. The van der Waals surface area contributed by atoms with Crippen LogP contribution in [0.5, 0.6) is 5.75 Å². The second-order valence-electron chi connectivity index (χ2n) is 12.0. The molecule has 5 unspecified atom stereocenters. The Morgan fingerprint density at radius 3 is 2.00 bits per heavy atom. The number of aromatic hydroxyl groups is 1. The fourth-order valence-electron chi connectivity index (χ4n) is 5.28. The lowest BCUT2D eigenvalue weighted by atomic mass is 9.88. The van der Waals surface area contributed by atoms with Crippen LogP contribution in [-0.4, -0.2) is 40.8 Å². The number of ether oxygens (including phenoxy) is 3. The van der Waals surface area contributed by atoms with Gasteiger partial charge in [-0.25, -0.2) is 4.79 Å². The second-order valence-corrected chi connectivity index (χ2v) is 12.0. The monoisotopic (exact) mass is 552 g/mol. The fraction of sp³-hybridized carbons (Fsp3) is 0.545. The predicted octanol–water partition coefficient (Wildman–Crippen LogP) is 6.29. The maximum absolute atomic E-state index is 11.6. The molecule has 218 valence electrons. The van der Waals surface area contributed by atoms with E-state index in [1.165, 1.54) is 11.1 Å². The van der Waals surface area contributed by atoms with Gasteiger partial charge >= 0.3 is 17.9 Å². The van der Waals surface area contributed by atoms with Crippen LogP contribution >= 0.6 is 0 Å². The van der Waals surface area contributed by atoms with E-state index >= 15 is 0 Å². The Morgan fingerprint density at radius 1 is 0.950 bits per heavy atom. The molecule has 2 saturated carbocycles. The Kier molecular flexibility index (Phi) is 10.4. The average molecular weight is 553 g/mol. The molecule has 5 atom stereocenters. The third kappa shape index (κ3) is 8.09. The first-order valence-electron chi connectivity index (χ1n) is 14.3. The average Bonchev–Trinajstić information content (AvgIpc) is 3.54. The summed E-state index contributed by atoms with van der Waals surface area (Å²) in [5, 5.41) is 8.85. The van der Waals surface area contributed by atoms with E-state index in [1.807, 2.05) is 71.0 Å². The fourth-order valence-corrected chi connectivity index (χ4v) is 5.28. The zero-order chi connectivity index (χ0) is 29.6. The Labute approximate surface area is 238 Å². The topological polar surface area (TPSA) is 99.1 Å². The van der Waals surface area contributed by atoms with E-state index in [0.29, 0.717) is 23.1 Å². The lowest BCUT2D eigenvalue weighted by Gasteiger charge is -2.25. The third-order valence-corrected chi connectivity index (χ3v) is 7.48. The summed E-state index contributed by atoms with van der Waals surface area (Å²) >= 11 is 0. The number of hydrogen-bond acceptors (Lipinski definition) is 7. The van der Waals surface area contributed by atoms with Crippen molar-refractivity contribution in [1.29, 1.82) is 0 Å². The van der Waals surface area contributed by atoms with E-state index in [9.17, 15) is 14.4 Å². The molecule has 0 amide bonds. The first kappa shape index (κ1) is 31.2. The number of rotatable bonds is 5. The number of carbonyl (C=O) groups excluding carboxylic acids is 3. The molecule has 3 aliphatic rings. The number of phenols is 1. The van der Waals surface area contributed by atoms with E-state index in [0.717, 1.165) is 25.7 Å².